The van der Waals surface area contributed by atoms with Crippen molar-refractivity contribution in [3.05, 3.63) is 40.4 Å². The largest absolute Gasteiger partial charge is 0.492 e. The smallest absolute Gasteiger partial charge is 0.400 e. The fourth-order valence-electron chi connectivity index (χ4n) is 2.57. The van der Waals surface area contributed by atoms with Crippen LogP contribution in [0.25, 0.3) is 6.08 Å². The van der Waals surface area contributed by atoms with Crippen LogP contribution < -0.4 is 0 Å². The Balaban J connectivity index is 2.30. The minimum Gasteiger partial charge on any atom is -0.400 e. The van der Waals surface area contributed by atoms with Crippen LogP contribution in [-0.2, 0) is 9.31 Å². The Kier molecular flexibility index (Phi) is 4.85. The van der Waals surface area contributed by atoms with Crippen molar-refractivity contribution in [2.45, 2.75) is 52.7 Å². The summed E-state index contributed by atoms with van der Waals surface area (Å²) in [4.78, 5) is 11.5. The van der Waals surface area contributed by atoms with Crippen LogP contribution in [0.3, 0.4) is 0 Å². The lowest BCUT2D eigenvalue weighted by Gasteiger charge is -2.32. The fraction of sp³-hybridized carbons (Fsp3) is 0.500. The maximum Gasteiger partial charge on any atom is 0.492 e. The predicted octanol–water partition coefficient (Wildman–Crippen LogP) is 3.20. The number of ketones is 1. The molecule has 1 aromatic rings. The number of carbonyl (C=O) groups excluding carboxylic acids is 1. The molecular weight excluding hydrogens is 291 g/mol. The highest BCUT2D eigenvalue weighted by atomic mass is 16.7. The van der Waals surface area contributed by atoms with Crippen molar-refractivity contribution in [3.8, 4) is 0 Å². The molecule has 1 aromatic carbocycles. The number of hydrogen-bond donors (Lipinski definition) is 1. The molecule has 0 unspecified atom stereocenters. The van der Waals surface area contributed by atoms with E-state index in [1.54, 1.807) is 6.92 Å². The van der Waals surface area contributed by atoms with Gasteiger partial charge in [0.2, 0.25) is 0 Å². The number of aliphatic hydroxyl groups is 1. The molecule has 0 radical (unpaired) electrons. The minimum atomic E-state index is -0.571. The van der Waals surface area contributed by atoms with Crippen molar-refractivity contribution >= 4 is 19.0 Å². The van der Waals surface area contributed by atoms with Crippen molar-refractivity contribution in [3.63, 3.8) is 0 Å². The predicted molar refractivity (Wildman–Crippen MR) is 92.3 cm³/mol. The van der Waals surface area contributed by atoms with Gasteiger partial charge in [0, 0.05) is 5.56 Å². The Hall–Kier alpha value is -1.43. The summed E-state index contributed by atoms with van der Waals surface area (Å²) >= 11 is 0. The zero-order valence-electron chi connectivity index (χ0n) is 14.8. The molecule has 0 aromatic heterocycles. The second-order valence-electron chi connectivity index (χ2n) is 7.10. The first-order chi connectivity index (χ1) is 10.6. The van der Waals surface area contributed by atoms with E-state index in [0.29, 0.717) is 11.0 Å². The van der Waals surface area contributed by atoms with E-state index in [1.807, 2.05) is 58.9 Å². The van der Waals surface area contributed by atoms with Gasteiger partial charge in [-0.2, -0.15) is 0 Å². The summed E-state index contributed by atoms with van der Waals surface area (Å²) in [6.45, 7) is 11.2. The summed E-state index contributed by atoms with van der Waals surface area (Å²) < 4.78 is 12.0. The molecule has 0 spiro atoms. The highest BCUT2D eigenvalue weighted by Gasteiger charge is 2.52. The van der Waals surface area contributed by atoms with Crippen LogP contribution in [0.5, 0.6) is 0 Å². The lowest BCUT2D eigenvalue weighted by Crippen LogP contribution is -2.41. The van der Waals surface area contributed by atoms with Gasteiger partial charge >= 0.3 is 7.12 Å². The summed E-state index contributed by atoms with van der Waals surface area (Å²) in [6.07, 6.45) is 1.86. The SMILES string of the molecule is CC(=O)c1ccc(C=C(CO)B2OC(C)(C)C(C)(C)O2)cc1C. The molecule has 0 bridgehead atoms. The molecule has 5 heteroatoms. The molecule has 1 saturated heterocycles. The average molecular weight is 316 g/mol. The van der Waals surface area contributed by atoms with Gasteiger partial charge in [-0.25, -0.2) is 0 Å². The summed E-state index contributed by atoms with van der Waals surface area (Å²) in [5.41, 5.74) is 2.31. The van der Waals surface area contributed by atoms with Crippen LogP contribution in [-0.4, -0.2) is 35.8 Å². The van der Waals surface area contributed by atoms with E-state index in [4.69, 9.17) is 9.31 Å². The van der Waals surface area contributed by atoms with Gasteiger partial charge in [0.05, 0.1) is 17.8 Å². The molecule has 23 heavy (non-hydrogen) atoms. The van der Waals surface area contributed by atoms with Crippen molar-refractivity contribution < 1.29 is 19.2 Å². The number of Topliss-reactive ketones (excluding diaryl/α,β-unsaturated/α-hetero) is 1. The molecule has 0 atom stereocenters. The third-order valence-electron chi connectivity index (χ3n) is 4.72. The standard InChI is InChI=1S/C18H25BO4/c1-12-9-14(7-8-16(12)13(2)21)10-15(11-20)19-22-17(3,4)18(5,6)23-19/h7-10,20H,11H2,1-6H3. The van der Waals surface area contributed by atoms with Crippen LogP contribution in [0.2, 0.25) is 0 Å². The second kappa shape index (κ2) is 6.23. The van der Waals surface area contributed by atoms with Gasteiger partial charge in [-0.05, 0) is 58.1 Å². The number of carbonyl (C=O) groups is 1. The number of benzene rings is 1. The van der Waals surface area contributed by atoms with E-state index in [2.05, 4.69) is 0 Å². The number of hydrogen-bond acceptors (Lipinski definition) is 4. The molecule has 1 N–H and O–H groups in total. The van der Waals surface area contributed by atoms with E-state index in [0.717, 1.165) is 11.1 Å². The first-order valence-electron chi connectivity index (χ1n) is 7.86. The van der Waals surface area contributed by atoms with E-state index in [-0.39, 0.29) is 12.4 Å². The summed E-state index contributed by atoms with van der Waals surface area (Å²) in [5, 5.41) is 9.72. The van der Waals surface area contributed by atoms with E-state index < -0.39 is 18.3 Å². The van der Waals surface area contributed by atoms with Gasteiger partial charge in [0.15, 0.2) is 5.78 Å². The van der Waals surface area contributed by atoms with Crippen molar-refractivity contribution in [2.24, 2.45) is 0 Å². The molecule has 4 nitrogen and oxygen atoms in total. The molecule has 1 fully saturated rings. The van der Waals surface area contributed by atoms with Crippen LogP contribution in [0.1, 0.15) is 56.1 Å². The lowest BCUT2D eigenvalue weighted by atomic mass is 9.77. The molecule has 0 amide bonds. The van der Waals surface area contributed by atoms with Gasteiger partial charge in [0.25, 0.3) is 0 Å². The lowest BCUT2D eigenvalue weighted by molar-refractivity contribution is 0.00578. The Morgan fingerprint density at radius 3 is 2.22 bits per heavy atom. The highest BCUT2D eigenvalue weighted by molar-refractivity contribution is 6.55. The zero-order valence-corrected chi connectivity index (χ0v) is 14.8. The summed E-state index contributed by atoms with van der Waals surface area (Å²) in [5.74, 6) is 0.0476. The first-order valence-corrected chi connectivity index (χ1v) is 7.86. The monoisotopic (exact) mass is 316 g/mol. The quantitative estimate of drug-likeness (QED) is 0.684. The maximum atomic E-state index is 11.5. The Morgan fingerprint density at radius 2 is 1.78 bits per heavy atom. The normalized spacial score (nSPS) is 20.0. The molecule has 1 aliphatic rings. The third kappa shape index (κ3) is 3.57. The zero-order chi connectivity index (χ0) is 17.4. The van der Waals surface area contributed by atoms with Crippen LogP contribution >= 0.6 is 0 Å². The Labute approximate surface area is 138 Å². The van der Waals surface area contributed by atoms with Crippen LogP contribution in [0.15, 0.2) is 23.7 Å². The van der Waals surface area contributed by atoms with Gasteiger partial charge in [-0.1, -0.05) is 24.3 Å². The van der Waals surface area contributed by atoms with Crippen molar-refractivity contribution in [1.29, 1.82) is 0 Å². The summed E-state index contributed by atoms with van der Waals surface area (Å²) in [7, 11) is -0.571. The third-order valence-corrected chi connectivity index (χ3v) is 4.72. The highest BCUT2D eigenvalue weighted by Crippen LogP contribution is 2.38. The van der Waals surface area contributed by atoms with E-state index in [1.165, 1.54) is 0 Å². The van der Waals surface area contributed by atoms with Gasteiger partial charge < -0.3 is 14.4 Å². The number of aryl methyl sites for hydroxylation is 1. The van der Waals surface area contributed by atoms with Crippen LogP contribution in [0.4, 0.5) is 0 Å². The molecular formula is C18H25BO4. The maximum absolute atomic E-state index is 11.5. The van der Waals surface area contributed by atoms with E-state index >= 15 is 0 Å². The van der Waals surface area contributed by atoms with Crippen molar-refractivity contribution in [1.82, 2.24) is 0 Å². The minimum absolute atomic E-state index is 0.0476. The van der Waals surface area contributed by atoms with Gasteiger partial charge in [0.1, 0.15) is 0 Å². The molecule has 2 rings (SSSR count). The van der Waals surface area contributed by atoms with Gasteiger partial charge in [-0.3, -0.25) is 4.79 Å². The fourth-order valence-corrected chi connectivity index (χ4v) is 2.57. The Bertz CT molecular complexity index is 630. The van der Waals surface area contributed by atoms with Crippen LogP contribution in [0, 0.1) is 6.92 Å². The molecule has 0 saturated carbocycles. The molecule has 1 heterocycles. The first kappa shape index (κ1) is 17.9. The number of rotatable bonds is 4. The Morgan fingerprint density at radius 1 is 1.22 bits per heavy atom. The summed E-state index contributed by atoms with van der Waals surface area (Å²) in [6, 6.07) is 5.60. The van der Waals surface area contributed by atoms with Crippen molar-refractivity contribution in [2.75, 3.05) is 6.61 Å². The van der Waals surface area contributed by atoms with E-state index in [9.17, 15) is 9.90 Å². The second-order valence-corrected chi connectivity index (χ2v) is 7.10. The van der Waals surface area contributed by atoms with Gasteiger partial charge in [-0.15, -0.1) is 0 Å². The molecule has 124 valence electrons. The topological polar surface area (TPSA) is 55.8 Å². The molecule has 1 aliphatic heterocycles. The molecule has 0 aliphatic carbocycles. The number of aliphatic hydroxyl groups excluding tert-OH is 1. The average Bonchev–Trinajstić information content (AvgIpc) is 2.64.